The van der Waals surface area contributed by atoms with Crippen LogP contribution in [0.25, 0.3) is 0 Å². The predicted octanol–water partition coefficient (Wildman–Crippen LogP) is 3.87. The molecule has 0 aliphatic rings. The average molecular weight is 289 g/mol. The van der Waals surface area contributed by atoms with E-state index in [1.54, 1.807) is 0 Å². The van der Waals surface area contributed by atoms with Gasteiger partial charge in [-0.15, -0.1) is 0 Å². The minimum Gasteiger partial charge on any atom is -1.00 e. The summed E-state index contributed by atoms with van der Waals surface area (Å²) in [6.45, 7) is 0.608. The van der Waals surface area contributed by atoms with Gasteiger partial charge in [0, 0.05) is 4.47 Å². The van der Waals surface area contributed by atoms with Crippen molar-refractivity contribution in [3.8, 4) is 5.75 Å². The fraction of sp³-hybridized carbons (Fsp3) is 0.0769. The maximum atomic E-state index is 5.64. The van der Waals surface area contributed by atoms with E-state index >= 15 is 0 Å². The Morgan fingerprint density at radius 2 is 1.75 bits per heavy atom. The predicted molar refractivity (Wildman–Crippen MR) is 72.9 cm³/mol. The Hall–Kier alpha value is -0.514. The number of hydrogen-bond donors (Lipinski definition) is 0. The van der Waals surface area contributed by atoms with Gasteiger partial charge in [0.25, 0.3) is 0 Å². The maximum absolute atomic E-state index is 5.64. The van der Waals surface area contributed by atoms with Gasteiger partial charge in [-0.2, -0.15) is 0 Å². The monoisotopic (exact) mass is 288 g/mol. The molecular weight excluding hydrogens is 276 g/mol. The van der Waals surface area contributed by atoms with Crippen LogP contribution in [0.1, 0.15) is 8.42 Å². The molecule has 0 N–H and O–H groups in total. The van der Waals surface area contributed by atoms with Crippen molar-refractivity contribution < 1.29 is 7.59 Å². The minimum absolute atomic E-state index is 0. The first kappa shape index (κ1) is 13.6. The van der Waals surface area contributed by atoms with Gasteiger partial charge in [0.15, 0.2) is 0 Å². The summed E-state index contributed by atoms with van der Waals surface area (Å²) in [5, 5.41) is 0. The molecule has 0 amide bonds. The maximum Gasteiger partial charge on any atom is 2.00 e. The Bertz CT molecular complexity index is 440. The van der Waals surface area contributed by atoms with Crippen molar-refractivity contribution in [1.82, 2.24) is 0 Å². The molecule has 0 saturated carbocycles. The van der Waals surface area contributed by atoms with Crippen LogP contribution in [0, 0.1) is 0 Å². The van der Waals surface area contributed by atoms with Gasteiger partial charge in [0.05, 0.1) is 0 Å². The van der Waals surface area contributed by atoms with Crippen LogP contribution in [-0.4, -0.2) is 23.1 Å². The molecule has 0 radical (unpaired) electrons. The summed E-state index contributed by atoms with van der Waals surface area (Å²) in [4.78, 5) is 0. The van der Waals surface area contributed by atoms with E-state index in [1.165, 1.54) is 5.56 Å². The molecule has 3 heteroatoms. The van der Waals surface area contributed by atoms with E-state index < -0.39 is 0 Å². The SMILES string of the molecule is Brc1cccc(OCc2ccccc2)c1.[H-].[H-].[Mg+2]. The smallest absolute Gasteiger partial charge is 1.00 e. The van der Waals surface area contributed by atoms with E-state index in [4.69, 9.17) is 4.74 Å². The molecule has 1 nitrogen and oxygen atoms in total. The topological polar surface area (TPSA) is 9.23 Å². The van der Waals surface area contributed by atoms with Crippen molar-refractivity contribution in [2.24, 2.45) is 0 Å². The van der Waals surface area contributed by atoms with Gasteiger partial charge < -0.3 is 7.59 Å². The van der Waals surface area contributed by atoms with Crippen LogP contribution in [0.4, 0.5) is 0 Å². The van der Waals surface area contributed by atoms with E-state index in [9.17, 15) is 0 Å². The Morgan fingerprint density at radius 3 is 2.44 bits per heavy atom. The van der Waals surface area contributed by atoms with Gasteiger partial charge in [-0.1, -0.05) is 52.3 Å². The number of rotatable bonds is 3. The van der Waals surface area contributed by atoms with Gasteiger partial charge in [-0.25, -0.2) is 0 Å². The standard InChI is InChI=1S/C13H11BrO.Mg.2H/c14-12-7-4-8-13(9-12)15-10-11-5-2-1-3-6-11;;;/h1-9H,10H2;;;/q;+2;2*-1. The molecule has 0 atom stereocenters. The molecule has 0 aliphatic heterocycles. The second-order valence-electron chi connectivity index (χ2n) is 3.23. The summed E-state index contributed by atoms with van der Waals surface area (Å²) in [6.07, 6.45) is 0. The van der Waals surface area contributed by atoms with Crippen LogP contribution in [0.3, 0.4) is 0 Å². The second-order valence-corrected chi connectivity index (χ2v) is 4.15. The minimum atomic E-state index is 0. The van der Waals surface area contributed by atoms with Gasteiger partial charge in [0.1, 0.15) is 12.4 Å². The number of halogens is 1. The number of ether oxygens (including phenoxy) is 1. The molecule has 0 aromatic heterocycles. The number of hydrogen-bond acceptors (Lipinski definition) is 1. The molecule has 0 fully saturated rings. The van der Waals surface area contributed by atoms with Crippen molar-refractivity contribution in [2.45, 2.75) is 6.61 Å². The van der Waals surface area contributed by atoms with Crippen molar-refractivity contribution in [3.63, 3.8) is 0 Å². The molecule has 0 unspecified atom stereocenters. The van der Waals surface area contributed by atoms with Crippen molar-refractivity contribution in [2.75, 3.05) is 0 Å². The third-order valence-electron chi connectivity index (χ3n) is 2.04. The van der Waals surface area contributed by atoms with Crippen LogP contribution >= 0.6 is 15.9 Å². The van der Waals surface area contributed by atoms with Gasteiger partial charge >= 0.3 is 23.1 Å². The van der Waals surface area contributed by atoms with Crippen molar-refractivity contribution >= 4 is 39.0 Å². The summed E-state index contributed by atoms with van der Waals surface area (Å²) in [7, 11) is 0. The summed E-state index contributed by atoms with van der Waals surface area (Å²) >= 11 is 3.41. The third-order valence-corrected chi connectivity index (χ3v) is 2.54. The zero-order chi connectivity index (χ0) is 10.5. The first-order valence-corrected chi connectivity index (χ1v) is 5.56. The first-order chi connectivity index (χ1) is 7.34. The van der Waals surface area contributed by atoms with Crippen molar-refractivity contribution in [3.05, 3.63) is 64.6 Å². The Kier molecular flexibility index (Phi) is 5.88. The molecule has 2 aromatic carbocycles. The molecule has 0 heterocycles. The Labute approximate surface area is 123 Å². The molecule has 0 bridgehead atoms. The molecule has 0 saturated heterocycles. The summed E-state index contributed by atoms with van der Waals surface area (Å²) in [5.41, 5.74) is 1.18. The molecule has 0 spiro atoms. The van der Waals surface area contributed by atoms with Gasteiger partial charge in [0.2, 0.25) is 0 Å². The van der Waals surface area contributed by atoms with E-state index in [2.05, 4.69) is 28.1 Å². The molecular formula is C13H13BrMgO. The van der Waals surface area contributed by atoms with E-state index in [0.29, 0.717) is 6.61 Å². The van der Waals surface area contributed by atoms with E-state index in [1.807, 2.05) is 42.5 Å². The zero-order valence-corrected chi connectivity index (χ0v) is 11.9. The zero-order valence-electron chi connectivity index (χ0n) is 10.9. The molecule has 80 valence electrons. The van der Waals surface area contributed by atoms with Crippen LogP contribution in [0.15, 0.2) is 59.1 Å². The second kappa shape index (κ2) is 6.94. The summed E-state index contributed by atoms with van der Waals surface area (Å²) in [6, 6.07) is 18.0. The van der Waals surface area contributed by atoms with Crippen LogP contribution in [-0.2, 0) is 6.61 Å². The van der Waals surface area contributed by atoms with Crippen LogP contribution in [0.5, 0.6) is 5.75 Å². The summed E-state index contributed by atoms with van der Waals surface area (Å²) in [5.74, 6) is 0.883. The molecule has 2 rings (SSSR count). The average Bonchev–Trinajstić information content (AvgIpc) is 2.28. The largest absolute Gasteiger partial charge is 2.00 e. The fourth-order valence-corrected chi connectivity index (χ4v) is 1.68. The summed E-state index contributed by atoms with van der Waals surface area (Å²) < 4.78 is 6.68. The normalized spacial score (nSPS) is 9.31. The molecule has 0 aliphatic carbocycles. The number of benzene rings is 2. The first-order valence-electron chi connectivity index (χ1n) is 4.77. The third kappa shape index (κ3) is 4.16. The fourth-order valence-electron chi connectivity index (χ4n) is 1.30. The van der Waals surface area contributed by atoms with E-state index in [0.717, 1.165) is 10.2 Å². The van der Waals surface area contributed by atoms with Crippen LogP contribution in [0.2, 0.25) is 0 Å². The molecule has 2 aromatic rings. The van der Waals surface area contributed by atoms with Crippen LogP contribution < -0.4 is 4.74 Å². The van der Waals surface area contributed by atoms with Crippen molar-refractivity contribution in [1.29, 1.82) is 0 Å². The Morgan fingerprint density at radius 1 is 1.00 bits per heavy atom. The quantitative estimate of drug-likeness (QED) is 0.779. The van der Waals surface area contributed by atoms with E-state index in [-0.39, 0.29) is 25.9 Å². The Balaban J connectivity index is 0. The van der Waals surface area contributed by atoms with Gasteiger partial charge in [-0.05, 0) is 23.8 Å². The van der Waals surface area contributed by atoms with Gasteiger partial charge in [-0.3, -0.25) is 0 Å². The molecule has 16 heavy (non-hydrogen) atoms.